The molecule has 0 aliphatic rings. The van der Waals surface area contributed by atoms with E-state index in [-0.39, 0.29) is 5.69 Å². The molecule has 3 nitrogen and oxygen atoms in total. The summed E-state index contributed by atoms with van der Waals surface area (Å²) in [5.74, 6) is -0.395. The van der Waals surface area contributed by atoms with E-state index in [9.17, 15) is 18.0 Å². The summed E-state index contributed by atoms with van der Waals surface area (Å²) in [5.41, 5.74) is -0.900. The molecular weight excluding hydrogens is 293 g/mol. The van der Waals surface area contributed by atoms with Gasteiger partial charge < -0.3 is 10.6 Å². The van der Waals surface area contributed by atoms with E-state index >= 15 is 0 Å². The number of alkyl halides is 3. The number of carbonyl (C=O) groups is 1. The van der Waals surface area contributed by atoms with Crippen molar-refractivity contribution in [2.75, 3.05) is 11.9 Å². The largest absolute Gasteiger partial charge is 0.417 e. The van der Waals surface area contributed by atoms with Crippen molar-refractivity contribution in [2.24, 2.45) is 0 Å². The van der Waals surface area contributed by atoms with Crippen LogP contribution in [0.1, 0.15) is 25.8 Å². The van der Waals surface area contributed by atoms with Crippen molar-refractivity contribution in [1.29, 1.82) is 0 Å². The summed E-state index contributed by atoms with van der Waals surface area (Å²) >= 11 is 5.50. The highest BCUT2D eigenvalue weighted by Crippen LogP contribution is 2.36. The Bertz CT molecular complexity index is 477. The zero-order valence-electron chi connectivity index (χ0n) is 11.1. The van der Waals surface area contributed by atoms with Gasteiger partial charge in [-0.05, 0) is 38.1 Å². The third-order valence-electron chi connectivity index (χ3n) is 2.63. The van der Waals surface area contributed by atoms with Crippen LogP contribution in [0.5, 0.6) is 0 Å². The topological polar surface area (TPSA) is 41.1 Å². The Morgan fingerprint density at radius 1 is 1.40 bits per heavy atom. The van der Waals surface area contributed by atoms with Crippen LogP contribution in [0.4, 0.5) is 18.9 Å². The monoisotopic (exact) mass is 308 g/mol. The molecule has 2 N–H and O–H groups in total. The average Bonchev–Trinajstić information content (AvgIpc) is 2.36. The van der Waals surface area contributed by atoms with Gasteiger partial charge in [-0.3, -0.25) is 4.79 Å². The molecule has 112 valence electrons. The van der Waals surface area contributed by atoms with Crippen LogP contribution in [0.15, 0.2) is 18.2 Å². The van der Waals surface area contributed by atoms with Gasteiger partial charge in [0.05, 0.1) is 16.6 Å². The summed E-state index contributed by atoms with van der Waals surface area (Å²) in [6, 6.07) is 2.79. The molecular formula is C13H16ClF3N2O. The molecule has 20 heavy (non-hydrogen) atoms. The van der Waals surface area contributed by atoms with Gasteiger partial charge in [-0.25, -0.2) is 0 Å². The van der Waals surface area contributed by atoms with Crippen molar-refractivity contribution in [1.82, 2.24) is 5.32 Å². The highest BCUT2D eigenvalue weighted by molar-refractivity contribution is 6.31. The maximum absolute atomic E-state index is 12.7. The summed E-state index contributed by atoms with van der Waals surface area (Å²) in [5, 5.41) is 4.98. The van der Waals surface area contributed by atoms with Crippen LogP contribution < -0.4 is 10.6 Å². The minimum absolute atomic E-state index is 0.0665. The highest BCUT2D eigenvalue weighted by atomic mass is 35.5. The first kappa shape index (κ1) is 16.8. The number of amides is 1. The van der Waals surface area contributed by atoms with Crippen LogP contribution in [0.3, 0.4) is 0 Å². The van der Waals surface area contributed by atoms with Crippen molar-refractivity contribution in [2.45, 2.75) is 32.5 Å². The lowest BCUT2D eigenvalue weighted by Gasteiger charge is -2.15. The van der Waals surface area contributed by atoms with Gasteiger partial charge >= 0.3 is 6.18 Å². The van der Waals surface area contributed by atoms with E-state index in [0.717, 1.165) is 18.6 Å². The summed E-state index contributed by atoms with van der Waals surface area (Å²) in [7, 11) is 0. The molecule has 1 rings (SSSR count). The van der Waals surface area contributed by atoms with E-state index in [2.05, 4.69) is 10.6 Å². The van der Waals surface area contributed by atoms with Gasteiger partial charge in [-0.1, -0.05) is 18.5 Å². The highest BCUT2D eigenvalue weighted by Gasteiger charge is 2.33. The van der Waals surface area contributed by atoms with Crippen LogP contribution in [0, 0.1) is 0 Å². The van der Waals surface area contributed by atoms with Crippen LogP contribution in [-0.4, -0.2) is 18.5 Å². The van der Waals surface area contributed by atoms with Crippen molar-refractivity contribution in [3.05, 3.63) is 28.8 Å². The minimum Gasteiger partial charge on any atom is -0.325 e. The third kappa shape index (κ3) is 4.68. The Balaban J connectivity index is 2.81. The molecule has 0 saturated carbocycles. The van der Waals surface area contributed by atoms with Gasteiger partial charge in [-0.15, -0.1) is 0 Å². The zero-order valence-corrected chi connectivity index (χ0v) is 11.9. The summed E-state index contributed by atoms with van der Waals surface area (Å²) in [4.78, 5) is 11.8. The molecule has 0 heterocycles. The van der Waals surface area contributed by atoms with Crippen molar-refractivity contribution in [3.63, 3.8) is 0 Å². The molecule has 1 aromatic rings. The predicted octanol–water partition coefficient (Wildman–Crippen LogP) is 3.69. The first-order chi connectivity index (χ1) is 9.25. The minimum atomic E-state index is -4.55. The SMILES string of the molecule is CCCNC(C)C(=O)Nc1ccc(Cl)c(C(F)(F)F)c1. The maximum Gasteiger partial charge on any atom is 0.417 e. The molecule has 7 heteroatoms. The Hall–Kier alpha value is -1.27. The Morgan fingerprint density at radius 3 is 2.60 bits per heavy atom. The summed E-state index contributed by atoms with van der Waals surface area (Å²) in [6.07, 6.45) is -3.69. The van der Waals surface area contributed by atoms with Crippen LogP contribution >= 0.6 is 11.6 Å². The van der Waals surface area contributed by atoms with E-state index in [1.165, 1.54) is 6.07 Å². The van der Waals surface area contributed by atoms with E-state index in [0.29, 0.717) is 6.54 Å². The second-order valence-corrected chi connectivity index (χ2v) is 4.76. The number of anilines is 1. The van der Waals surface area contributed by atoms with Crippen LogP contribution in [0.2, 0.25) is 5.02 Å². The molecule has 0 aliphatic carbocycles. The normalized spacial score (nSPS) is 13.1. The average molecular weight is 309 g/mol. The van der Waals surface area contributed by atoms with E-state index in [4.69, 9.17) is 11.6 Å². The number of benzene rings is 1. The molecule has 0 saturated heterocycles. The molecule has 0 radical (unpaired) electrons. The fourth-order valence-corrected chi connectivity index (χ4v) is 1.75. The Labute approximate surface area is 120 Å². The van der Waals surface area contributed by atoms with Crippen LogP contribution in [0.25, 0.3) is 0 Å². The van der Waals surface area contributed by atoms with Crippen molar-refractivity contribution in [3.8, 4) is 0 Å². The number of carbonyl (C=O) groups excluding carboxylic acids is 1. The zero-order chi connectivity index (χ0) is 15.3. The van der Waals surface area contributed by atoms with Gasteiger partial charge in [0, 0.05) is 5.69 Å². The molecule has 1 aromatic carbocycles. The number of nitrogens with one attached hydrogen (secondary N) is 2. The second-order valence-electron chi connectivity index (χ2n) is 4.36. The molecule has 0 fully saturated rings. The summed E-state index contributed by atoms with van der Waals surface area (Å²) in [6.45, 7) is 4.25. The van der Waals surface area contributed by atoms with E-state index in [1.807, 2.05) is 6.92 Å². The standard InChI is InChI=1S/C13H16ClF3N2O/c1-3-6-18-8(2)12(20)19-9-4-5-11(14)10(7-9)13(15,16)17/h4-5,7-8,18H,3,6H2,1-2H3,(H,19,20). The van der Waals surface area contributed by atoms with Crippen LogP contribution in [-0.2, 0) is 11.0 Å². The van der Waals surface area contributed by atoms with Crippen molar-refractivity contribution >= 4 is 23.2 Å². The Kier molecular flexibility index (Phi) is 5.83. The lowest BCUT2D eigenvalue weighted by atomic mass is 10.2. The molecule has 1 atom stereocenters. The smallest absolute Gasteiger partial charge is 0.325 e. The second kappa shape index (κ2) is 6.95. The Morgan fingerprint density at radius 2 is 2.05 bits per heavy atom. The van der Waals surface area contributed by atoms with Gasteiger partial charge in [0.15, 0.2) is 0 Å². The van der Waals surface area contributed by atoms with Crippen molar-refractivity contribution < 1.29 is 18.0 Å². The fraction of sp³-hybridized carbons (Fsp3) is 0.462. The quantitative estimate of drug-likeness (QED) is 0.871. The number of hydrogen-bond donors (Lipinski definition) is 2. The fourth-order valence-electron chi connectivity index (χ4n) is 1.52. The van der Waals surface area contributed by atoms with Gasteiger partial charge in [0.2, 0.25) is 5.91 Å². The van der Waals surface area contributed by atoms with Gasteiger partial charge in [-0.2, -0.15) is 13.2 Å². The molecule has 0 bridgehead atoms. The lowest BCUT2D eigenvalue weighted by molar-refractivity contribution is -0.137. The maximum atomic E-state index is 12.7. The molecule has 0 aromatic heterocycles. The number of hydrogen-bond acceptors (Lipinski definition) is 2. The molecule has 1 amide bonds. The van der Waals surface area contributed by atoms with E-state index < -0.39 is 28.7 Å². The lowest BCUT2D eigenvalue weighted by Crippen LogP contribution is -2.38. The first-order valence-corrected chi connectivity index (χ1v) is 6.54. The third-order valence-corrected chi connectivity index (χ3v) is 2.96. The summed E-state index contributed by atoms with van der Waals surface area (Å²) < 4.78 is 38.0. The molecule has 1 unspecified atom stereocenters. The van der Waals surface area contributed by atoms with Gasteiger partial charge in [0.25, 0.3) is 0 Å². The number of rotatable bonds is 5. The molecule has 0 aliphatic heterocycles. The van der Waals surface area contributed by atoms with E-state index in [1.54, 1.807) is 6.92 Å². The molecule has 0 spiro atoms. The first-order valence-electron chi connectivity index (χ1n) is 6.16. The predicted molar refractivity (Wildman–Crippen MR) is 72.8 cm³/mol. The van der Waals surface area contributed by atoms with Gasteiger partial charge in [0.1, 0.15) is 0 Å². The number of halogens is 4.